The minimum atomic E-state index is -4.00. The Morgan fingerprint density at radius 3 is 2.26 bits per heavy atom. The van der Waals surface area contributed by atoms with Crippen LogP contribution in [0.15, 0.2) is 77.7 Å². The van der Waals surface area contributed by atoms with Crippen LogP contribution in [0.1, 0.15) is 35.3 Å². The van der Waals surface area contributed by atoms with E-state index in [0.717, 1.165) is 9.87 Å². The first kappa shape index (κ1) is 25.0. The smallest absolute Gasteiger partial charge is 0.338 e. The van der Waals surface area contributed by atoms with Gasteiger partial charge in [0.2, 0.25) is 5.91 Å². The first-order chi connectivity index (χ1) is 16.3. The molecule has 0 fully saturated rings. The molecule has 8 heteroatoms. The van der Waals surface area contributed by atoms with Crippen molar-refractivity contribution >= 4 is 33.3 Å². The van der Waals surface area contributed by atoms with Crippen molar-refractivity contribution in [2.45, 2.75) is 32.1 Å². The maximum Gasteiger partial charge on any atom is 0.338 e. The van der Waals surface area contributed by atoms with Gasteiger partial charge in [-0.25, -0.2) is 13.2 Å². The lowest BCUT2D eigenvalue weighted by Crippen LogP contribution is -2.38. The van der Waals surface area contributed by atoms with E-state index in [-0.39, 0.29) is 11.5 Å². The molecule has 178 valence electrons. The van der Waals surface area contributed by atoms with Crippen molar-refractivity contribution in [3.63, 3.8) is 0 Å². The molecule has 0 spiro atoms. The summed E-state index contributed by atoms with van der Waals surface area (Å²) < 4.78 is 33.2. The molecule has 0 aliphatic heterocycles. The molecule has 0 aromatic heterocycles. The van der Waals surface area contributed by atoms with Crippen molar-refractivity contribution in [2.24, 2.45) is 0 Å². The van der Waals surface area contributed by atoms with Crippen molar-refractivity contribution in [3.8, 4) is 0 Å². The van der Waals surface area contributed by atoms with Gasteiger partial charge in [0.1, 0.15) is 6.54 Å². The van der Waals surface area contributed by atoms with Crippen LogP contribution in [0.3, 0.4) is 0 Å². The molecular weight excluding hydrogens is 452 g/mol. The van der Waals surface area contributed by atoms with Gasteiger partial charge in [0, 0.05) is 5.69 Å². The number of esters is 1. The summed E-state index contributed by atoms with van der Waals surface area (Å²) in [6.45, 7) is 5.27. The first-order valence-electron chi connectivity index (χ1n) is 11.0. The summed E-state index contributed by atoms with van der Waals surface area (Å²) in [7, 11) is -4.00. The second-order valence-corrected chi connectivity index (χ2v) is 9.47. The Hall–Kier alpha value is -3.65. The number of para-hydroxylation sites is 1. The minimum absolute atomic E-state index is 0.101. The van der Waals surface area contributed by atoms with Crippen molar-refractivity contribution in [1.29, 1.82) is 0 Å². The standard InChI is InChI=1S/C26H28N2O5S/c1-4-20-11-9-10-14-24(20)28(34(31,32)22-12-7-6-8-13-22)18-25(29)27-23-16-15-21(17-19(23)3)26(30)33-5-2/h6-17H,4-5,18H2,1-3H3,(H,27,29). The van der Waals surface area contributed by atoms with Crippen LogP contribution in [0.25, 0.3) is 0 Å². The van der Waals surface area contributed by atoms with Gasteiger partial charge in [0.05, 0.1) is 22.8 Å². The molecule has 7 nitrogen and oxygen atoms in total. The third-order valence-corrected chi connectivity index (χ3v) is 7.05. The third kappa shape index (κ3) is 5.63. The molecule has 0 aliphatic rings. The van der Waals surface area contributed by atoms with Crippen molar-refractivity contribution in [2.75, 3.05) is 22.8 Å². The van der Waals surface area contributed by atoms with E-state index in [1.165, 1.54) is 12.1 Å². The van der Waals surface area contributed by atoms with Gasteiger partial charge >= 0.3 is 5.97 Å². The number of rotatable bonds is 9. The molecule has 1 amide bonds. The van der Waals surface area contributed by atoms with Crippen molar-refractivity contribution in [1.82, 2.24) is 0 Å². The molecule has 34 heavy (non-hydrogen) atoms. The second kappa shape index (κ2) is 11.0. The summed E-state index contributed by atoms with van der Waals surface area (Å²) in [6, 6.07) is 20.0. The molecule has 3 aromatic carbocycles. The van der Waals surface area contributed by atoms with Crippen LogP contribution in [0.4, 0.5) is 11.4 Å². The zero-order valence-corrected chi connectivity index (χ0v) is 20.3. The lowest BCUT2D eigenvalue weighted by atomic mass is 10.1. The van der Waals surface area contributed by atoms with Gasteiger partial charge in [0.25, 0.3) is 10.0 Å². The maximum absolute atomic E-state index is 13.5. The first-order valence-corrected chi connectivity index (χ1v) is 12.4. The van der Waals surface area contributed by atoms with E-state index in [9.17, 15) is 18.0 Å². The average Bonchev–Trinajstić information content (AvgIpc) is 2.84. The lowest BCUT2D eigenvalue weighted by molar-refractivity contribution is -0.114. The summed E-state index contributed by atoms with van der Waals surface area (Å²) in [6.07, 6.45) is 0.604. The highest BCUT2D eigenvalue weighted by atomic mass is 32.2. The number of sulfonamides is 1. The number of aryl methyl sites for hydroxylation is 2. The SMILES string of the molecule is CCOC(=O)c1ccc(NC(=O)CN(c2ccccc2CC)S(=O)(=O)c2ccccc2)c(C)c1. The van der Waals surface area contributed by atoms with Crippen molar-refractivity contribution < 1.29 is 22.7 Å². The number of nitrogens with zero attached hydrogens (tertiary/aromatic N) is 1. The van der Waals surface area contributed by atoms with Crippen LogP contribution in [-0.2, 0) is 26.0 Å². The molecule has 0 bridgehead atoms. The Bertz CT molecular complexity index is 1270. The second-order valence-electron chi connectivity index (χ2n) is 7.61. The summed E-state index contributed by atoms with van der Waals surface area (Å²) in [5, 5.41) is 2.77. The highest BCUT2D eigenvalue weighted by Crippen LogP contribution is 2.28. The van der Waals surface area contributed by atoms with E-state index in [1.807, 2.05) is 19.1 Å². The summed E-state index contributed by atoms with van der Waals surface area (Å²) >= 11 is 0. The molecule has 1 N–H and O–H groups in total. The van der Waals surface area contributed by atoms with Gasteiger partial charge < -0.3 is 10.1 Å². The molecule has 0 heterocycles. The number of hydrogen-bond donors (Lipinski definition) is 1. The number of carbonyl (C=O) groups excluding carboxylic acids is 2. The molecule has 0 atom stereocenters. The molecule has 0 aliphatic carbocycles. The fourth-order valence-electron chi connectivity index (χ4n) is 3.54. The number of ether oxygens (including phenoxy) is 1. The number of amides is 1. The lowest BCUT2D eigenvalue weighted by Gasteiger charge is -2.26. The number of anilines is 2. The molecule has 0 saturated heterocycles. The quantitative estimate of drug-likeness (QED) is 0.453. The Morgan fingerprint density at radius 1 is 0.941 bits per heavy atom. The van der Waals surface area contributed by atoms with Gasteiger partial charge in [-0.2, -0.15) is 0 Å². The molecule has 3 aromatic rings. The Morgan fingerprint density at radius 2 is 1.62 bits per heavy atom. The topological polar surface area (TPSA) is 92.8 Å². The predicted molar refractivity (Wildman–Crippen MR) is 133 cm³/mol. The van der Waals surface area contributed by atoms with Crippen LogP contribution >= 0.6 is 0 Å². The fourth-order valence-corrected chi connectivity index (χ4v) is 5.02. The van der Waals surface area contributed by atoms with Gasteiger partial charge in [-0.1, -0.05) is 43.3 Å². The zero-order valence-electron chi connectivity index (χ0n) is 19.4. The van der Waals surface area contributed by atoms with E-state index in [4.69, 9.17) is 4.74 Å². The zero-order chi connectivity index (χ0) is 24.7. The summed E-state index contributed by atoms with van der Waals surface area (Å²) in [4.78, 5) is 25.1. The van der Waals surface area contributed by atoms with Gasteiger partial charge in [0.15, 0.2) is 0 Å². The Balaban J connectivity index is 1.91. The third-order valence-electron chi connectivity index (χ3n) is 5.27. The van der Waals surface area contributed by atoms with E-state index in [1.54, 1.807) is 62.4 Å². The van der Waals surface area contributed by atoms with E-state index >= 15 is 0 Å². The number of nitrogens with one attached hydrogen (secondary N) is 1. The largest absolute Gasteiger partial charge is 0.462 e. The summed E-state index contributed by atoms with van der Waals surface area (Å²) in [5.41, 5.74) is 2.79. The van der Waals surface area contributed by atoms with Crippen LogP contribution in [0.5, 0.6) is 0 Å². The average molecular weight is 481 g/mol. The molecule has 0 saturated carbocycles. The molecule has 0 unspecified atom stereocenters. The monoisotopic (exact) mass is 480 g/mol. The molecule has 0 radical (unpaired) electrons. The van der Waals surface area contributed by atoms with Crippen LogP contribution in [0, 0.1) is 6.92 Å². The normalized spacial score (nSPS) is 11.0. The highest BCUT2D eigenvalue weighted by molar-refractivity contribution is 7.92. The maximum atomic E-state index is 13.5. The van der Waals surface area contributed by atoms with Gasteiger partial charge in [-0.05, 0) is 67.8 Å². The van der Waals surface area contributed by atoms with E-state index in [0.29, 0.717) is 28.9 Å². The fraction of sp³-hybridized carbons (Fsp3) is 0.231. The van der Waals surface area contributed by atoms with Gasteiger partial charge in [-0.3, -0.25) is 9.10 Å². The Kier molecular flexibility index (Phi) is 8.07. The number of benzene rings is 3. The number of hydrogen-bond acceptors (Lipinski definition) is 5. The number of carbonyl (C=O) groups is 2. The summed E-state index contributed by atoms with van der Waals surface area (Å²) in [5.74, 6) is -0.947. The molecular formula is C26H28N2O5S. The van der Waals surface area contributed by atoms with Crippen LogP contribution in [0.2, 0.25) is 0 Å². The highest BCUT2D eigenvalue weighted by Gasteiger charge is 2.28. The predicted octanol–water partition coefficient (Wildman–Crippen LogP) is 4.57. The van der Waals surface area contributed by atoms with Gasteiger partial charge in [-0.15, -0.1) is 0 Å². The molecule has 3 rings (SSSR count). The van der Waals surface area contributed by atoms with E-state index in [2.05, 4.69) is 5.32 Å². The van der Waals surface area contributed by atoms with Crippen molar-refractivity contribution in [3.05, 3.63) is 89.5 Å². The minimum Gasteiger partial charge on any atom is -0.462 e. The van der Waals surface area contributed by atoms with E-state index < -0.39 is 28.4 Å². The van der Waals surface area contributed by atoms with Crippen LogP contribution in [-0.4, -0.2) is 33.4 Å². The van der Waals surface area contributed by atoms with Crippen LogP contribution < -0.4 is 9.62 Å². The Labute approximate surface area is 200 Å².